The van der Waals surface area contributed by atoms with Crippen molar-refractivity contribution < 1.29 is 4.92 Å². The fourth-order valence-electron chi connectivity index (χ4n) is 2.38. The summed E-state index contributed by atoms with van der Waals surface area (Å²) in [6.45, 7) is 2.06. The lowest BCUT2D eigenvalue weighted by Crippen LogP contribution is -2.07. The molecule has 0 spiro atoms. The van der Waals surface area contributed by atoms with Crippen LogP contribution < -0.4 is 0 Å². The Balaban J connectivity index is 1.97. The second-order valence-electron chi connectivity index (χ2n) is 5.72. The van der Waals surface area contributed by atoms with Crippen LogP contribution >= 0.6 is 34.8 Å². The molecule has 0 saturated carbocycles. The molecule has 0 atom stereocenters. The summed E-state index contributed by atoms with van der Waals surface area (Å²) in [6.07, 6.45) is 0. The number of nitro benzene ring substituents is 1. The molecule has 1 heterocycles. The molecule has 0 bridgehead atoms. The van der Waals surface area contributed by atoms with E-state index in [1.807, 2.05) is 19.1 Å². The quantitative estimate of drug-likeness (QED) is 0.223. The fourth-order valence-corrected chi connectivity index (χ4v) is 2.64. The van der Waals surface area contributed by atoms with Crippen LogP contribution in [0.3, 0.4) is 0 Å². The van der Waals surface area contributed by atoms with Crippen LogP contribution in [0.15, 0.2) is 52.7 Å². The number of nitrogens with zero attached hydrogens (tertiary/aromatic N) is 5. The third-order valence-electron chi connectivity index (χ3n) is 3.62. The van der Waals surface area contributed by atoms with Gasteiger partial charge in [0.2, 0.25) is 3.79 Å². The molecule has 0 radical (unpaired) electrons. The number of alkyl halides is 3. The van der Waals surface area contributed by atoms with Crippen molar-refractivity contribution in [3.8, 4) is 0 Å². The molecule has 0 aliphatic rings. The molecule has 138 valence electrons. The SMILES string of the molecule is Cc1ccc2nc(C(Cl)(Cl)Cl)nc(N=NCc3cccc([N+](=O)[O-])c3)c2c1. The molecule has 0 saturated heterocycles. The number of fused-ring (bicyclic) bond motifs is 1. The molecular formula is C17H12Cl3N5O2. The van der Waals surface area contributed by atoms with Crippen LogP contribution in [0.4, 0.5) is 11.5 Å². The van der Waals surface area contributed by atoms with Crippen LogP contribution in [0.25, 0.3) is 10.9 Å². The van der Waals surface area contributed by atoms with Gasteiger partial charge >= 0.3 is 0 Å². The molecule has 7 nitrogen and oxygen atoms in total. The number of azo groups is 1. The van der Waals surface area contributed by atoms with Crippen molar-refractivity contribution in [1.29, 1.82) is 0 Å². The third kappa shape index (κ3) is 4.68. The van der Waals surface area contributed by atoms with Gasteiger partial charge in [-0.15, -0.1) is 5.11 Å². The summed E-state index contributed by atoms with van der Waals surface area (Å²) in [7, 11) is 0. The highest BCUT2D eigenvalue weighted by Crippen LogP contribution is 2.38. The van der Waals surface area contributed by atoms with E-state index in [0.717, 1.165) is 5.56 Å². The number of benzene rings is 2. The highest BCUT2D eigenvalue weighted by molar-refractivity contribution is 6.66. The Bertz CT molecular complexity index is 1050. The lowest BCUT2D eigenvalue weighted by atomic mass is 10.1. The average molecular weight is 425 g/mol. The number of hydrogen-bond donors (Lipinski definition) is 0. The Kier molecular flexibility index (Phi) is 5.55. The highest BCUT2D eigenvalue weighted by Gasteiger charge is 2.28. The van der Waals surface area contributed by atoms with Crippen LogP contribution in [0.2, 0.25) is 0 Å². The Morgan fingerprint density at radius 1 is 1.15 bits per heavy atom. The normalized spacial score (nSPS) is 12.0. The van der Waals surface area contributed by atoms with Gasteiger partial charge in [-0.1, -0.05) is 58.6 Å². The molecule has 1 aromatic heterocycles. The molecule has 0 amide bonds. The van der Waals surface area contributed by atoms with E-state index in [4.69, 9.17) is 34.8 Å². The van der Waals surface area contributed by atoms with E-state index in [1.54, 1.807) is 18.2 Å². The smallest absolute Gasteiger partial charge is 0.258 e. The Hall–Kier alpha value is -2.35. The standard InChI is InChI=1S/C17H12Cl3N5O2/c1-10-5-6-14-13(7-10)15(23-16(22-14)17(18,19)20)24-21-9-11-3-2-4-12(8-11)25(26)27/h2-8H,9H2,1H3. The maximum absolute atomic E-state index is 10.9. The number of nitro groups is 1. The Labute approximate surface area is 169 Å². The second kappa shape index (κ2) is 7.72. The first-order valence-electron chi connectivity index (χ1n) is 7.70. The summed E-state index contributed by atoms with van der Waals surface area (Å²) in [5.74, 6) is 0.253. The van der Waals surface area contributed by atoms with E-state index in [9.17, 15) is 10.1 Å². The van der Waals surface area contributed by atoms with E-state index in [2.05, 4.69) is 20.2 Å². The van der Waals surface area contributed by atoms with Crippen molar-refractivity contribution in [2.45, 2.75) is 17.3 Å². The molecule has 10 heteroatoms. The van der Waals surface area contributed by atoms with Gasteiger partial charge in [-0.3, -0.25) is 10.1 Å². The molecular weight excluding hydrogens is 413 g/mol. The van der Waals surface area contributed by atoms with Crippen molar-refractivity contribution in [2.75, 3.05) is 0 Å². The van der Waals surface area contributed by atoms with Crippen LogP contribution in [0.1, 0.15) is 17.0 Å². The average Bonchev–Trinajstić information content (AvgIpc) is 2.61. The van der Waals surface area contributed by atoms with E-state index in [1.165, 1.54) is 12.1 Å². The van der Waals surface area contributed by atoms with Gasteiger partial charge < -0.3 is 0 Å². The van der Waals surface area contributed by atoms with Gasteiger partial charge in [0.05, 0.1) is 17.0 Å². The number of aromatic nitrogens is 2. The zero-order valence-electron chi connectivity index (χ0n) is 13.9. The molecule has 0 unspecified atom stereocenters. The zero-order valence-corrected chi connectivity index (χ0v) is 16.2. The summed E-state index contributed by atoms with van der Waals surface area (Å²) >= 11 is 17.7. The lowest BCUT2D eigenvalue weighted by Gasteiger charge is -2.11. The Morgan fingerprint density at radius 3 is 2.63 bits per heavy atom. The predicted octanol–water partition coefficient (Wildman–Crippen LogP) is 5.96. The highest BCUT2D eigenvalue weighted by atomic mass is 35.6. The van der Waals surface area contributed by atoms with Crippen molar-refractivity contribution in [3.63, 3.8) is 0 Å². The van der Waals surface area contributed by atoms with Crippen LogP contribution in [0.5, 0.6) is 0 Å². The summed E-state index contributed by atoms with van der Waals surface area (Å²) in [5, 5.41) is 19.8. The largest absolute Gasteiger partial charge is 0.269 e. The van der Waals surface area contributed by atoms with Crippen molar-refractivity contribution >= 4 is 57.2 Å². The molecule has 0 fully saturated rings. The summed E-state index contributed by atoms with van der Waals surface area (Å²) in [4.78, 5) is 18.9. The summed E-state index contributed by atoms with van der Waals surface area (Å²) < 4.78 is -1.80. The van der Waals surface area contributed by atoms with Crippen LogP contribution in [0, 0.1) is 17.0 Å². The van der Waals surface area contributed by atoms with Gasteiger partial charge in [-0.2, -0.15) is 5.11 Å². The summed E-state index contributed by atoms with van der Waals surface area (Å²) in [5.41, 5.74) is 2.19. The number of non-ortho nitro benzene ring substituents is 1. The van der Waals surface area contributed by atoms with Gasteiger partial charge in [-0.05, 0) is 24.6 Å². The molecule has 2 aromatic carbocycles. The van der Waals surface area contributed by atoms with Gasteiger partial charge in [0.1, 0.15) is 0 Å². The minimum Gasteiger partial charge on any atom is -0.258 e. The van der Waals surface area contributed by atoms with Gasteiger partial charge in [0, 0.05) is 17.5 Å². The zero-order chi connectivity index (χ0) is 19.6. The maximum atomic E-state index is 10.9. The minimum atomic E-state index is -1.80. The number of hydrogen-bond acceptors (Lipinski definition) is 6. The molecule has 3 aromatic rings. The van der Waals surface area contributed by atoms with Crippen LogP contribution in [-0.2, 0) is 10.3 Å². The van der Waals surface area contributed by atoms with Gasteiger partial charge in [0.25, 0.3) is 5.69 Å². The maximum Gasteiger partial charge on any atom is 0.269 e. The monoisotopic (exact) mass is 423 g/mol. The van der Waals surface area contributed by atoms with Crippen molar-refractivity contribution in [1.82, 2.24) is 9.97 Å². The van der Waals surface area contributed by atoms with Crippen molar-refractivity contribution in [2.24, 2.45) is 10.2 Å². The third-order valence-corrected chi connectivity index (χ3v) is 4.13. The number of rotatable bonds is 4. The predicted molar refractivity (Wildman–Crippen MR) is 105 cm³/mol. The Morgan fingerprint density at radius 2 is 1.93 bits per heavy atom. The first-order chi connectivity index (χ1) is 12.7. The first kappa shape index (κ1) is 19.4. The van der Waals surface area contributed by atoms with Crippen molar-refractivity contribution in [3.05, 3.63) is 69.5 Å². The number of aryl methyl sites for hydroxylation is 1. The minimum absolute atomic E-state index is 0.00634. The lowest BCUT2D eigenvalue weighted by molar-refractivity contribution is -0.384. The molecule has 3 rings (SSSR count). The summed E-state index contributed by atoms with van der Waals surface area (Å²) in [6, 6.07) is 11.7. The number of halogens is 3. The molecule has 27 heavy (non-hydrogen) atoms. The second-order valence-corrected chi connectivity index (χ2v) is 8.00. The molecule has 0 aliphatic heterocycles. The topological polar surface area (TPSA) is 93.6 Å². The van der Waals surface area contributed by atoms with Gasteiger partial charge in [-0.25, -0.2) is 9.97 Å². The van der Waals surface area contributed by atoms with E-state index in [-0.39, 0.29) is 23.9 Å². The van der Waals surface area contributed by atoms with Crippen LogP contribution in [-0.4, -0.2) is 14.9 Å². The van der Waals surface area contributed by atoms with E-state index < -0.39 is 8.72 Å². The van der Waals surface area contributed by atoms with E-state index >= 15 is 0 Å². The van der Waals surface area contributed by atoms with Gasteiger partial charge in [0.15, 0.2) is 11.6 Å². The molecule has 0 N–H and O–H groups in total. The fraction of sp³-hybridized carbons (Fsp3) is 0.176. The first-order valence-corrected chi connectivity index (χ1v) is 8.84. The molecule has 0 aliphatic carbocycles. The van der Waals surface area contributed by atoms with E-state index in [0.29, 0.717) is 16.5 Å².